The Hall–Kier alpha value is -2.31. The number of rotatable bonds is 7. The van der Waals surface area contributed by atoms with Gasteiger partial charge in [-0.05, 0) is 49.9 Å². The number of likely N-dealkylation sites (N-methyl/N-ethyl adjacent to an activating group) is 1. The maximum Gasteiger partial charge on any atom is 0.238 e. The Labute approximate surface area is 155 Å². The highest BCUT2D eigenvalue weighted by atomic mass is 16.3. The summed E-state index contributed by atoms with van der Waals surface area (Å²) in [5, 5.41) is 6.09. The smallest absolute Gasteiger partial charge is 0.238 e. The van der Waals surface area contributed by atoms with Crippen molar-refractivity contribution in [3.63, 3.8) is 0 Å². The van der Waals surface area contributed by atoms with Gasteiger partial charge in [0.2, 0.25) is 5.91 Å². The Morgan fingerprint density at radius 2 is 1.88 bits per heavy atom. The third-order valence-electron chi connectivity index (χ3n) is 4.87. The highest BCUT2D eigenvalue weighted by Gasteiger charge is 2.16. The predicted molar refractivity (Wildman–Crippen MR) is 105 cm³/mol. The first-order valence-electron chi connectivity index (χ1n) is 9.29. The van der Waals surface area contributed by atoms with Gasteiger partial charge < -0.3 is 19.5 Å². The molecule has 2 aromatic rings. The van der Waals surface area contributed by atoms with Gasteiger partial charge in [0.15, 0.2) is 0 Å². The van der Waals surface area contributed by atoms with E-state index in [4.69, 9.17) is 4.42 Å². The predicted octanol–water partition coefficient (Wildman–Crippen LogP) is 2.71. The summed E-state index contributed by atoms with van der Waals surface area (Å²) in [6.07, 6.45) is 1.64. The van der Waals surface area contributed by atoms with Gasteiger partial charge in [-0.25, -0.2) is 0 Å². The average molecular weight is 356 g/mol. The summed E-state index contributed by atoms with van der Waals surface area (Å²) in [5.74, 6) is 0.762. The van der Waals surface area contributed by atoms with Crippen molar-refractivity contribution in [1.82, 2.24) is 10.2 Å². The number of piperazine rings is 1. The van der Waals surface area contributed by atoms with E-state index >= 15 is 0 Å². The van der Waals surface area contributed by atoms with Crippen molar-refractivity contribution in [3.8, 4) is 0 Å². The molecular weight excluding hydrogens is 328 g/mol. The number of nitrogens with zero attached hydrogens (tertiary/aromatic N) is 2. The fourth-order valence-electron chi connectivity index (χ4n) is 3.17. The monoisotopic (exact) mass is 356 g/mol. The Bertz CT molecular complexity index is 676. The van der Waals surface area contributed by atoms with E-state index in [2.05, 4.69) is 39.5 Å². The van der Waals surface area contributed by atoms with Crippen LogP contribution in [-0.4, -0.2) is 50.1 Å². The van der Waals surface area contributed by atoms with Crippen molar-refractivity contribution < 1.29 is 9.21 Å². The van der Waals surface area contributed by atoms with Crippen molar-refractivity contribution in [2.24, 2.45) is 0 Å². The van der Waals surface area contributed by atoms with Gasteiger partial charge in [-0.3, -0.25) is 10.1 Å². The van der Waals surface area contributed by atoms with E-state index in [1.54, 1.807) is 6.26 Å². The molecule has 0 aliphatic carbocycles. The zero-order chi connectivity index (χ0) is 18.4. The third-order valence-corrected chi connectivity index (χ3v) is 4.87. The fourth-order valence-corrected chi connectivity index (χ4v) is 3.17. The molecule has 0 spiro atoms. The molecule has 2 heterocycles. The minimum atomic E-state index is -0.0623. The van der Waals surface area contributed by atoms with Crippen LogP contribution < -0.4 is 15.5 Å². The minimum absolute atomic E-state index is 0.0000797. The third kappa shape index (κ3) is 4.86. The van der Waals surface area contributed by atoms with Crippen molar-refractivity contribution in [3.05, 3.63) is 48.4 Å². The molecule has 6 heteroatoms. The molecule has 3 rings (SSSR count). The van der Waals surface area contributed by atoms with Gasteiger partial charge in [-0.15, -0.1) is 0 Å². The second kappa shape index (κ2) is 8.87. The maximum absolute atomic E-state index is 12.1. The number of hydrogen-bond donors (Lipinski definition) is 2. The number of furan rings is 1. The van der Waals surface area contributed by atoms with Crippen LogP contribution in [0, 0.1) is 0 Å². The summed E-state index contributed by atoms with van der Waals surface area (Å²) in [7, 11) is 0. The summed E-state index contributed by atoms with van der Waals surface area (Å²) in [5.41, 5.74) is 2.03. The summed E-state index contributed by atoms with van der Waals surface area (Å²) < 4.78 is 5.33. The lowest BCUT2D eigenvalue weighted by Gasteiger charge is -2.35. The average Bonchev–Trinajstić information content (AvgIpc) is 3.22. The molecule has 0 saturated carbocycles. The molecule has 1 saturated heterocycles. The zero-order valence-corrected chi connectivity index (χ0v) is 15.6. The van der Waals surface area contributed by atoms with E-state index in [0.29, 0.717) is 0 Å². The van der Waals surface area contributed by atoms with Gasteiger partial charge in [0.25, 0.3) is 0 Å². The standard InChI is InChI=1S/C20H28N4O2/c1-3-23-10-12-24(13-11-23)18-8-6-17(7-9-18)22-20(25)15-21-16(2)19-5-4-14-26-19/h4-9,14,16,21H,3,10-13,15H2,1-2H3,(H,22,25)/t16-/m1/s1. The lowest BCUT2D eigenvalue weighted by molar-refractivity contribution is -0.115. The van der Waals surface area contributed by atoms with Crippen LogP contribution >= 0.6 is 0 Å². The Balaban J connectivity index is 1.45. The quantitative estimate of drug-likeness (QED) is 0.799. The molecule has 140 valence electrons. The first-order chi connectivity index (χ1) is 12.7. The Morgan fingerprint density at radius 3 is 2.50 bits per heavy atom. The van der Waals surface area contributed by atoms with Crippen molar-refractivity contribution in [1.29, 1.82) is 0 Å². The summed E-state index contributed by atoms with van der Waals surface area (Å²) in [6.45, 7) is 9.84. The molecule has 1 atom stereocenters. The van der Waals surface area contributed by atoms with Crippen LogP contribution in [0.15, 0.2) is 47.1 Å². The van der Waals surface area contributed by atoms with Gasteiger partial charge in [0.1, 0.15) is 5.76 Å². The van der Waals surface area contributed by atoms with Crippen molar-refractivity contribution in [2.75, 3.05) is 49.5 Å². The van der Waals surface area contributed by atoms with Gasteiger partial charge >= 0.3 is 0 Å². The van der Waals surface area contributed by atoms with Gasteiger partial charge in [0, 0.05) is 37.6 Å². The number of nitrogens with one attached hydrogen (secondary N) is 2. The number of carbonyl (C=O) groups is 1. The highest BCUT2D eigenvalue weighted by Crippen LogP contribution is 2.19. The molecule has 0 bridgehead atoms. The van der Waals surface area contributed by atoms with Crippen LogP contribution in [0.1, 0.15) is 25.6 Å². The van der Waals surface area contributed by atoms with Crippen LogP contribution in [0.3, 0.4) is 0 Å². The summed E-state index contributed by atoms with van der Waals surface area (Å²) >= 11 is 0. The fraction of sp³-hybridized carbons (Fsp3) is 0.450. The van der Waals surface area contributed by atoms with Crippen LogP contribution in [0.4, 0.5) is 11.4 Å². The van der Waals surface area contributed by atoms with Gasteiger partial charge in [-0.2, -0.15) is 0 Å². The van der Waals surface area contributed by atoms with Crippen LogP contribution in [-0.2, 0) is 4.79 Å². The van der Waals surface area contributed by atoms with E-state index < -0.39 is 0 Å². The molecule has 0 radical (unpaired) electrons. The molecule has 2 N–H and O–H groups in total. The minimum Gasteiger partial charge on any atom is -0.468 e. The van der Waals surface area contributed by atoms with Crippen LogP contribution in [0.2, 0.25) is 0 Å². The molecule has 1 aliphatic heterocycles. The molecule has 6 nitrogen and oxygen atoms in total. The lowest BCUT2D eigenvalue weighted by atomic mass is 10.2. The van der Waals surface area contributed by atoms with Crippen molar-refractivity contribution >= 4 is 17.3 Å². The normalized spacial score (nSPS) is 16.5. The summed E-state index contributed by atoms with van der Waals surface area (Å²) in [6, 6.07) is 11.8. The second-order valence-electron chi connectivity index (χ2n) is 6.63. The number of amides is 1. The van der Waals surface area contributed by atoms with Crippen LogP contribution in [0.25, 0.3) is 0 Å². The molecule has 1 aliphatic rings. The van der Waals surface area contributed by atoms with E-state index in [9.17, 15) is 4.79 Å². The molecule has 0 unspecified atom stereocenters. The molecule has 1 fully saturated rings. The van der Waals surface area contributed by atoms with E-state index in [1.165, 1.54) is 5.69 Å². The second-order valence-corrected chi connectivity index (χ2v) is 6.63. The first kappa shape index (κ1) is 18.5. The first-order valence-corrected chi connectivity index (χ1v) is 9.29. The van der Waals surface area contributed by atoms with Crippen LogP contribution in [0.5, 0.6) is 0 Å². The maximum atomic E-state index is 12.1. The Morgan fingerprint density at radius 1 is 1.15 bits per heavy atom. The largest absolute Gasteiger partial charge is 0.468 e. The molecule has 1 aromatic heterocycles. The van der Waals surface area contributed by atoms with Gasteiger partial charge in [0.05, 0.1) is 18.8 Å². The lowest BCUT2D eigenvalue weighted by Crippen LogP contribution is -2.46. The number of carbonyl (C=O) groups excluding carboxylic acids is 1. The van der Waals surface area contributed by atoms with Gasteiger partial charge in [-0.1, -0.05) is 6.92 Å². The highest BCUT2D eigenvalue weighted by molar-refractivity contribution is 5.92. The van der Waals surface area contributed by atoms with E-state index in [0.717, 1.165) is 44.2 Å². The number of anilines is 2. The van der Waals surface area contributed by atoms with E-state index in [1.807, 2.05) is 31.2 Å². The molecule has 26 heavy (non-hydrogen) atoms. The number of hydrogen-bond acceptors (Lipinski definition) is 5. The summed E-state index contributed by atoms with van der Waals surface area (Å²) in [4.78, 5) is 17.0. The van der Waals surface area contributed by atoms with E-state index in [-0.39, 0.29) is 18.5 Å². The number of benzene rings is 1. The van der Waals surface area contributed by atoms with Crippen molar-refractivity contribution in [2.45, 2.75) is 19.9 Å². The molecule has 1 amide bonds. The zero-order valence-electron chi connectivity index (χ0n) is 15.6. The SMILES string of the molecule is CCN1CCN(c2ccc(NC(=O)CN[C@H](C)c3ccco3)cc2)CC1. The Kier molecular flexibility index (Phi) is 6.30. The topological polar surface area (TPSA) is 60.8 Å². The molecule has 1 aromatic carbocycles. The molecular formula is C20H28N4O2.